The number of carbonyl (C=O) groups excluding carboxylic acids is 3. The zero-order valence-corrected chi connectivity index (χ0v) is 34.6. The van der Waals surface area contributed by atoms with Crippen molar-refractivity contribution < 1.29 is 32.1 Å². The van der Waals surface area contributed by atoms with Crippen molar-refractivity contribution in [2.75, 3.05) is 11.5 Å². The second-order valence-corrected chi connectivity index (χ2v) is 25.1. The van der Waals surface area contributed by atoms with Gasteiger partial charge in [-0.25, -0.2) is 19.9 Å². The van der Waals surface area contributed by atoms with E-state index >= 15 is 0 Å². The highest BCUT2D eigenvalue weighted by molar-refractivity contribution is 8.14. The maximum atomic E-state index is 14.1. The second-order valence-electron chi connectivity index (χ2n) is 14.9. The lowest BCUT2D eigenvalue weighted by Gasteiger charge is -2.51. The summed E-state index contributed by atoms with van der Waals surface area (Å²) in [5.74, 6) is -1.10. The first-order valence-electron chi connectivity index (χ1n) is 18.2. The van der Waals surface area contributed by atoms with E-state index in [4.69, 9.17) is 22.7 Å². The lowest BCUT2D eigenvalue weighted by Crippen LogP contribution is -2.65. The van der Waals surface area contributed by atoms with Gasteiger partial charge in [0.1, 0.15) is 12.4 Å². The molecule has 1 unspecified atom stereocenters. The van der Waals surface area contributed by atoms with E-state index in [2.05, 4.69) is 65.4 Å². The van der Waals surface area contributed by atoms with Crippen molar-refractivity contribution in [1.29, 1.82) is 0 Å². The number of imide groups is 1. The number of rotatable bonds is 9. The monoisotopic (exact) mass is 775 g/mol. The Morgan fingerprint density at radius 3 is 1.85 bits per heavy atom. The van der Waals surface area contributed by atoms with E-state index in [1.54, 1.807) is 71.6 Å². The third-order valence-corrected chi connectivity index (χ3v) is 21.5. The number of hydrogen-bond donors (Lipinski definition) is 0. The van der Waals surface area contributed by atoms with Gasteiger partial charge in [0, 0.05) is 18.1 Å². The highest BCUT2D eigenvalue weighted by atomic mass is 32.2. The molecule has 2 aliphatic heterocycles. The summed E-state index contributed by atoms with van der Waals surface area (Å²) >= 11 is 1.15. The summed E-state index contributed by atoms with van der Waals surface area (Å²) in [7, 11) is -5.89. The number of aromatic nitrogens is 4. The van der Waals surface area contributed by atoms with Crippen molar-refractivity contribution in [3.05, 3.63) is 84.4 Å². The van der Waals surface area contributed by atoms with Gasteiger partial charge in [-0.3, -0.25) is 19.0 Å². The molecule has 0 N–H and O–H groups in total. The molecule has 6 rings (SSSR count). The fourth-order valence-electron chi connectivity index (χ4n) is 7.56. The third kappa shape index (κ3) is 7.20. The molecule has 282 valence electrons. The third-order valence-electron chi connectivity index (χ3n) is 10.2. The number of ether oxygens (including phenoxy) is 1. The van der Waals surface area contributed by atoms with Gasteiger partial charge in [-0.2, -0.15) is 0 Å². The summed E-state index contributed by atoms with van der Waals surface area (Å²) in [4.78, 5) is 56.0. The molecule has 4 atom stereocenters. The number of nitrogens with zero attached hydrogens (tertiary/aromatic N) is 5. The van der Waals surface area contributed by atoms with Gasteiger partial charge >= 0.3 is 17.1 Å². The molecule has 0 saturated carbocycles. The molecule has 53 heavy (non-hydrogen) atoms. The zero-order valence-electron chi connectivity index (χ0n) is 31.8. The van der Waals surface area contributed by atoms with E-state index in [1.165, 1.54) is 13.3 Å². The minimum absolute atomic E-state index is 0.0277. The Hall–Kier alpha value is -3.58. The van der Waals surface area contributed by atoms with Gasteiger partial charge in [0.15, 0.2) is 28.3 Å². The lowest BCUT2D eigenvalue weighted by molar-refractivity contribution is -0.109. The van der Waals surface area contributed by atoms with Crippen LogP contribution >= 0.6 is 11.8 Å². The summed E-state index contributed by atoms with van der Waals surface area (Å²) in [6, 6.07) is 17.1. The quantitative estimate of drug-likeness (QED) is 0.122. The molecule has 0 spiro atoms. The van der Waals surface area contributed by atoms with Crippen LogP contribution < -0.4 is 4.90 Å². The first-order valence-corrected chi connectivity index (χ1v) is 23.0. The van der Waals surface area contributed by atoms with Crippen molar-refractivity contribution in [2.24, 2.45) is 0 Å². The Kier molecular flexibility index (Phi) is 11.6. The van der Waals surface area contributed by atoms with Crippen molar-refractivity contribution in [1.82, 2.24) is 19.5 Å². The number of fused-ring (bicyclic) bond motifs is 2. The Morgan fingerprint density at radius 1 is 0.792 bits per heavy atom. The molecule has 12 nitrogen and oxygen atoms in total. The van der Waals surface area contributed by atoms with Crippen LogP contribution in [0.5, 0.6) is 0 Å². The predicted molar refractivity (Wildman–Crippen MR) is 209 cm³/mol. The van der Waals surface area contributed by atoms with Crippen LogP contribution in [0.1, 0.15) is 89.3 Å². The van der Waals surface area contributed by atoms with E-state index in [-0.39, 0.29) is 45.2 Å². The van der Waals surface area contributed by atoms with E-state index in [0.717, 1.165) is 16.7 Å². The van der Waals surface area contributed by atoms with E-state index in [9.17, 15) is 14.4 Å². The summed E-state index contributed by atoms with van der Waals surface area (Å²) in [6.45, 7) is 19.1. The van der Waals surface area contributed by atoms with Crippen LogP contribution in [0, 0.1) is 0 Å². The second kappa shape index (κ2) is 15.6. The van der Waals surface area contributed by atoms with Crippen LogP contribution in [0.3, 0.4) is 0 Å². The Balaban J connectivity index is 1.47. The Labute approximate surface area is 317 Å². The van der Waals surface area contributed by atoms with Crippen molar-refractivity contribution in [3.63, 3.8) is 0 Å². The molecule has 15 heteroatoms. The van der Waals surface area contributed by atoms with Gasteiger partial charge in [-0.15, -0.1) is 0 Å². The normalized spacial score (nSPS) is 22.6. The molecule has 4 heterocycles. The maximum absolute atomic E-state index is 14.1. The summed E-state index contributed by atoms with van der Waals surface area (Å²) in [5.41, 5.74) is 1.63. The molecule has 0 radical (unpaired) electrons. The Bertz CT molecular complexity index is 1880. The van der Waals surface area contributed by atoms with Crippen molar-refractivity contribution in [3.8, 4) is 0 Å². The zero-order chi connectivity index (χ0) is 38.2. The van der Waals surface area contributed by atoms with Crippen LogP contribution in [-0.4, -0.2) is 77.6 Å². The maximum Gasteiger partial charge on any atom is 0.335 e. The SMILES string of the molecule is CC(=O)SC1[C@H]2O[Si](C(C)C)(C(C)C)O[Si](C(C)C)(C(C)C)OC[C@H]2O[C@H]1n1cnc2c(N(C(=O)c3ccccc3)C(=O)c3ccccc3)ncnc21. The van der Waals surface area contributed by atoms with Crippen LogP contribution in [0.15, 0.2) is 73.3 Å². The van der Waals surface area contributed by atoms with E-state index in [1.807, 2.05) is 0 Å². The molecule has 0 bridgehead atoms. The number of amides is 2. The van der Waals surface area contributed by atoms with Crippen LogP contribution in [0.25, 0.3) is 11.2 Å². The van der Waals surface area contributed by atoms with Crippen molar-refractivity contribution >= 4 is 62.8 Å². The average molecular weight is 776 g/mol. The number of hydrogen-bond acceptors (Lipinski definition) is 11. The number of carbonyl (C=O) groups is 3. The summed E-state index contributed by atoms with van der Waals surface area (Å²) in [5, 5.41) is -0.621. The molecule has 4 aromatic rings. The van der Waals surface area contributed by atoms with E-state index in [0.29, 0.717) is 16.8 Å². The Morgan fingerprint density at radius 2 is 1.34 bits per heavy atom. The highest BCUT2D eigenvalue weighted by Crippen LogP contribution is 2.50. The topological polar surface area (TPSA) is 135 Å². The minimum Gasteiger partial charge on any atom is -0.414 e. The first kappa shape index (κ1) is 39.1. The van der Waals surface area contributed by atoms with Crippen molar-refractivity contribution in [2.45, 2.75) is 108 Å². The lowest BCUT2D eigenvalue weighted by atomic mass is 10.1. The van der Waals surface area contributed by atoms with Crippen LogP contribution in [0.4, 0.5) is 5.82 Å². The van der Waals surface area contributed by atoms with E-state index < -0.39 is 52.6 Å². The molecule has 2 amide bonds. The van der Waals surface area contributed by atoms with Gasteiger partial charge < -0.3 is 17.7 Å². The fourth-order valence-corrected chi connectivity index (χ4v) is 19.9. The average Bonchev–Trinajstić information content (AvgIpc) is 3.69. The van der Waals surface area contributed by atoms with Gasteiger partial charge in [-0.05, 0) is 46.4 Å². The van der Waals surface area contributed by atoms with Gasteiger partial charge in [0.25, 0.3) is 11.8 Å². The molecule has 2 aromatic heterocycles. The van der Waals surface area contributed by atoms with Gasteiger partial charge in [-0.1, -0.05) is 104 Å². The van der Waals surface area contributed by atoms with Crippen LogP contribution in [-0.2, 0) is 22.5 Å². The van der Waals surface area contributed by atoms with Gasteiger partial charge in [0.05, 0.1) is 24.3 Å². The number of imidazole rings is 1. The standard InChI is InChI=1S/C38H49N5O7SSi2/c1-23(2)52(24(3)4)47-20-30-32(49-53(50-52,25(5)6)26(7)8)33(51-27(9)44)38(48-30)42-22-41-31-34(42)39-21-40-35(31)43(36(45)28-16-12-10-13-17-28)37(46)29-18-14-11-15-19-29/h10-19,21-26,30,32-33,38H,20H2,1-9H3/t30-,32+,33?,38-/m1/s1. The molecule has 0 aliphatic carbocycles. The smallest absolute Gasteiger partial charge is 0.335 e. The molecular formula is C38H49N5O7SSi2. The molecule has 2 aliphatic rings. The molecular weight excluding hydrogens is 727 g/mol. The largest absolute Gasteiger partial charge is 0.414 e. The molecule has 2 fully saturated rings. The summed E-state index contributed by atoms with van der Waals surface area (Å²) < 4.78 is 30.4. The molecule has 2 saturated heterocycles. The summed E-state index contributed by atoms with van der Waals surface area (Å²) in [6.07, 6.45) is 1.03. The van der Waals surface area contributed by atoms with Gasteiger partial charge in [0.2, 0.25) is 0 Å². The number of thioether (sulfide) groups is 1. The minimum atomic E-state index is -3.04. The van der Waals surface area contributed by atoms with Crippen LogP contribution in [0.2, 0.25) is 22.2 Å². The predicted octanol–water partition coefficient (Wildman–Crippen LogP) is 7.82. The fraction of sp³-hybridized carbons (Fsp3) is 0.474. The highest BCUT2D eigenvalue weighted by Gasteiger charge is 2.62. The number of benzene rings is 2. The first-order chi connectivity index (χ1) is 25.2. The number of anilines is 1. The molecule has 2 aromatic carbocycles.